The van der Waals surface area contributed by atoms with Crippen molar-refractivity contribution in [2.75, 3.05) is 18.1 Å². The van der Waals surface area contributed by atoms with E-state index in [-0.39, 0.29) is 12.6 Å². The summed E-state index contributed by atoms with van der Waals surface area (Å²) >= 11 is 0. The molecule has 2 aliphatic heterocycles. The van der Waals surface area contributed by atoms with Crippen LogP contribution in [0.4, 0.5) is 5.69 Å². The Hall–Kier alpha value is -1.53. The molecule has 0 amide bonds. The molecule has 1 aromatic rings. The minimum absolute atomic E-state index is 0.0817. The largest absolute Gasteiger partial charge is 0.394 e. The summed E-state index contributed by atoms with van der Waals surface area (Å²) in [5, 5.41) is 19.1. The molecule has 0 aromatic heterocycles. The Morgan fingerprint density at radius 2 is 2.31 bits per heavy atom. The number of nitrogens with zero attached hydrogens (tertiary/aromatic N) is 2. The zero-order valence-electron chi connectivity index (χ0n) is 9.06. The van der Waals surface area contributed by atoms with Crippen LogP contribution in [0.1, 0.15) is 18.4 Å². The smallest absolute Gasteiger partial charge is 0.127 e. The Balaban J connectivity index is 2.23. The molecule has 1 fully saturated rings. The third kappa shape index (κ3) is 0.954. The van der Waals surface area contributed by atoms with Gasteiger partial charge in [0.2, 0.25) is 0 Å². The van der Waals surface area contributed by atoms with Gasteiger partial charge in [-0.15, -0.1) is 0 Å². The van der Waals surface area contributed by atoms with E-state index >= 15 is 0 Å². The second-order valence-corrected chi connectivity index (χ2v) is 4.61. The van der Waals surface area contributed by atoms with E-state index in [0.29, 0.717) is 0 Å². The highest BCUT2D eigenvalue weighted by molar-refractivity contribution is 5.67. The van der Waals surface area contributed by atoms with Gasteiger partial charge in [-0.2, -0.15) is 5.26 Å². The molecule has 1 saturated heterocycles. The van der Waals surface area contributed by atoms with Gasteiger partial charge < -0.3 is 10.0 Å². The molecule has 82 valence electrons. The lowest BCUT2D eigenvalue weighted by atomic mass is 9.78. The number of hydrogen-bond donors (Lipinski definition) is 1. The SMILES string of the molecule is N#CC1(CO)c2ccccc2N2CCCC21. The highest BCUT2D eigenvalue weighted by Crippen LogP contribution is 2.48. The molecule has 16 heavy (non-hydrogen) atoms. The van der Waals surface area contributed by atoms with Crippen LogP contribution in [0.5, 0.6) is 0 Å². The van der Waals surface area contributed by atoms with Crippen LogP contribution in [0.25, 0.3) is 0 Å². The van der Waals surface area contributed by atoms with Gasteiger partial charge in [0.05, 0.1) is 18.7 Å². The van der Waals surface area contributed by atoms with Crippen molar-refractivity contribution in [3.05, 3.63) is 29.8 Å². The molecule has 0 aliphatic carbocycles. The Kier molecular flexibility index (Phi) is 1.95. The summed E-state index contributed by atoms with van der Waals surface area (Å²) < 4.78 is 0. The molecule has 3 rings (SSSR count). The molecule has 0 saturated carbocycles. The normalized spacial score (nSPS) is 31.0. The average molecular weight is 214 g/mol. The molecule has 2 aliphatic rings. The number of fused-ring (bicyclic) bond motifs is 3. The monoisotopic (exact) mass is 214 g/mol. The number of aliphatic hydroxyl groups excluding tert-OH is 1. The molecule has 0 spiro atoms. The van der Waals surface area contributed by atoms with E-state index < -0.39 is 5.41 Å². The molecule has 1 N–H and O–H groups in total. The lowest BCUT2D eigenvalue weighted by Gasteiger charge is -2.27. The molecular formula is C13H14N2O. The molecule has 0 radical (unpaired) electrons. The maximum absolute atomic E-state index is 9.66. The Labute approximate surface area is 94.9 Å². The van der Waals surface area contributed by atoms with Crippen molar-refractivity contribution in [2.45, 2.75) is 24.3 Å². The molecule has 3 nitrogen and oxygen atoms in total. The van der Waals surface area contributed by atoms with Crippen LogP contribution in [0.2, 0.25) is 0 Å². The zero-order valence-corrected chi connectivity index (χ0v) is 9.06. The van der Waals surface area contributed by atoms with Crippen LogP contribution in [-0.2, 0) is 5.41 Å². The van der Waals surface area contributed by atoms with Crippen molar-refractivity contribution in [3.8, 4) is 6.07 Å². The average Bonchev–Trinajstić information content (AvgIpc) is 2.89. The number of para-hydroxylation sites is 1. The van der Waals surface area contributed by atoms with Crippen molar-refractivity contribution in [2.24, 2.45) is 0 Å². The van der Waals surface area contributed by atoms with E-state index in [1.807, 2.05) is 18.2 Å². The van der Waals surface area contributed by atoms with E-state index in [1.54, 1.807) is 0 Å². The first-order valence-electron chi connectivity index (χ1n) is 5.72. The van der Waals surface area contributed by atoms with Crippen LogP contribution >= 0.6 is 0 Å². The number of benzene rings is 1. The van der Waals surface area contributed by atoms with Crippen molar-refractivity contribution in [1.29, 1.82) is 5.26 Å². The predicted octanol–water partition coefficient (Wildman–Crippen LogP) is 1.42. The van der Waals surface area contributed by atoms with Crippen molar-refractivity contribution >= 4 is 5.69 Å². The minimum Gasteiger partial charge on any atom is -0.394 e. The minimum atomic E-state index is -0.701. The quantitative estimate of drug-likeness (QED) is 0.769. The summed E-state index contributed by atoms with van der Waals surface area (Å²) in [6, 6.07) is 10.5. The Morgan fingerprint density at radius 1 is 1.50 bits per heavy atom. The molecule has 2 heterocycles. The van der Waals surface area contributed by atoms with Gasteiger partial charge in [0.1, 0.15) is 5.41 Å². The van der Waals surface area contributed by atoms with E-state index in [2.05, 4.69) is 17.0 Å². The van der Waals surface area contributed by atoms with E-state index in [1.165, 1.54) is 0 Å². The lowest BCUT2D eigenvalue weighted by Crippen LogP contribution is -2.42. The van der Waals surface area contributed by atoms with Gasteiger partial charge in [0, 0.05) is 17.8 Å². The fourth-order valence-electron chi connectivity index (χ4n) is 3.21. The Bertz CT molecular complexity index is 465. The molecule has 2 unspecified atom stereocenters. The van der Waals surface area contributed by atoms with Crippen LogP contribution in [0, 0.1) is 11.3 Å². The van der Waals surface area contributed by atoms with Crippen molar-refractivity contribution < 1.29 is 5.11 Å². The number of nitriles is 1. The number of anilines is 1. The van der Waals surface area contributed by atoms with E-state index in [4.69, 9.17) is 0 Å². The van der Waals surface area contributed by atoms with Crippen molar-refractivity contribution in [3.63, 3.8) is 0 Å². The summed E-state index contributed by atoms with van der Waals surface area (Å²) in [5.74, 6) is 0. The number of aliphatic hydroxyl groups is 1. The summed E-state index contributed by atoms with van der Waals surface area (Å²) in [6.07, 6.45) is 2.12. The number of rotatable bonds is 1. The van der Waals surface area contributed by atoms with E-state index in [9.17, 15) is 10.4 Å². The van der Waals surface area contributed by atoms with E-state index in [0.717, 1.165) is 30.6 Å². The highest BCUT2D eigenvalue weighted by atomic mass is 16.3. The topological polar surface area (TPSA) is 47.3 Å². The van der Waals surface area contributed by atoms with Gasteiger partial charge in [0.15, 0.2) is 0 Å². The second-order valence-electron chi connectivity index (χ2n) is 4.61. The van der Waals surface area contributed by atoms with Gasteiger partial charge in [0.25, 0.3) is 0 Å². The van der Waals surface area contributed by atoms with Gasteiger partial charge in [-0.3, -0.25) is 0 Å². The van der Waals surface area contributed by atoms with Gasteiger partial charge >= 0.3 is 0 Å². The van der Waals surface area contributed by atoms with Crippen LogP contribution < -0.4 is 4.90 Å². The maximum Gasteiger partial charge on any atom is 0.127 e. The van der Waals surface area contributed by atoms with Crippen LogP contribution in [-0.4, -0.2) is 24.3 Å². The molecule has 3 heteroatoms. The summed E-state index contributed by atoms with van der Waals surface area (Å²) in [5.41, 5.74) is 1.44. The highest BCUT2D eigenvalue weighted by Gasteiger charge is 2.52. The second kappa shape index (κ2) is 3.23. The standard InChI is InChI=1S/C13H14N2O/c14-8-13(9-16)10-4-1-2-5-11(10)15-7-3-6-12(13)15/h1-2,4-5,12,16H,3,6-7,9H2. The van der Waals surface area contributed by atoms with Gasteiger partial charge in [-0.1, -0.05) is 18.2 Å². The predicted molar refractivity (Wildman–Crippen MR) is 61.2 cm³/mol. The molecular weight excluding hydrogens is 200 g/mol. The van der Waals surface area contributed by atoms with Crippen LogP contribution in [0.3, 0.4) is 0 Å². The summed E-state index contributed by atoms with van der Waals surface area (Å²) in [7, 11) is 0. The van der Waals surface area contributed by atoms with Gasteiger partial charge in [-0.25, -0.2) is 0 Å². The Morgan fingerprint density at radius 3 is 3.06 bits per heavy atom. The lowest BCUT2D eigenvalue weighted by molar-refractivity contribution is 0.215. The first-order valence-corrected chi connectivity index (χ1v) is 5.72. The maximum atomic E-state index is 9.66. The van der Waals surface area contributed by atoms with Crippen LogP contribution in [0.15, 0.2) is 24.3 Å². The third-order valence-corrected chi connectivity index (χ3v) is 3.96. The van der Waals surface area contributed by atoms with Gasteiger partial charge in [-0.05, 0) is 18.9 Å². The number of hydrogen-bond acceptors (Lipinski definition) is 3. The van der Waals surface area contributed by atoms with Crippen molar-refractivity contribution in [1.82, 2.24) is 0 Å². The fourth-order valence-corrected chi connectivity index (χ4v) is 3.21. The molecule has 1 aromatic carbocycles. The summed E-state index contributed by atoms with van der Waals surface area (Å²) in [4.78, 5) is 2.29. The fraction of sp³-hybridized carbons (Fsp3) is 0.462. The first-order chi connectivity index (χ1) is 7.83. The molecule has 2 atom stereocenters. The molecule has 0 bridgehead atoms. The zero-order chi connectivity index (χ0) is 11.2. The third-order valence-electron chi connectivity index (χ3n) is 3.96. The summed E-state index contributed by atoms with van der Waals surface area (Å²) in [6.45, 7) is 0.923. The first kappa shape index (κ1) is 9.68.